The number of aliphatic hydroxyl groups excluding tert-OH is 1. The summed E-state index contributed by atoms with van der Waals surface area (Å²) in [7, 11) is 0. The molecule has 0 amide bonds. The Labute approximate surface area is 233 Å². The number of pyridine rings is 1. The highest BCUT2D eigenvalue weighted by Gasteiger charge is 2.31. The second kappa shape index (κ2) is 12.6. The number of hydrogen-bond donors (Lipinski definition) is 3. The third kappa shape index (κ3) is 7.61. The molecule has 8 nitrogen and oxygen atoms in total. The van der Waals surface area contributed by atoms with E-state index in [1.54, 1.807) is 12.4 Å². The van der Waals surface area contributed by atoms with E-state index in [-0.39, 0.29) is 30.1 Å². The average Bonchev–Trinajstić information content (AvgIpc) is 3.33. The first kappa shape index (κ1) is 29.0. The number of aliphatic hydroxyl groups is 1. The summed E-state index contributed by atoms with van der Waals surface area (Å²) in [4.78, 5) is 13.7. The smallest absolute Gasteiger partial charge is 0.391 e. The Morgan fingerprint density at radius 3 is 2.70 bits per heavy atom. The van der Waals surface area contributed by atoms with Gasteiger partial charge in [0.2, 0.25) is 11.8 Å². The second-order valence-corrected chi connectivity index (χ2v) is 11.8. The van der Waals surface area contributed by atoms with Gasteiger partial charge in [-0.05, 0) is 63.7 Å². The average molecular weight is 564 g/mol. The third-order valence-corrected chi connectivity index (χ3v) is 8.28. The number of rotatable bonds is 8. The first-order valence-electron chi connectivity index (χ1n) is 14.5. The van der Waals surface area contributed by atoms with Gasteiger partial charge < -0.3 is 25.6 Å². The zero-order valence-corrected chi connectivity index (χ0v) is 23.0. The fourth-order valence-corrected chi connectivity index (χ4v) is 6.26. The molecular weight excluding hydrogens is 523 g/mol. The largest absolute Gasteiger partial charge is 0.473 e. The van der Waals surface area contributed by atoms with Gasteiger partial charge in [-0.2, -0.15) is 13.2 Å². The number of halogens is 3. The number of hydrogen-bond acceptors (Lipinski definition) is 8. The van der Waals surface area contributed by atoms with E-state index in [0.717, 1.165) is 57.3 Å². The maximum absolute atomic E-state index is 12.9. The summed E-state index contributed by atoms with van der Waals surface area (Å²) < 4.78 is 50.7. The van der Waals surface area contributed by atoms with Crippen molar-refractivity contribution in [2.24, 2.45) is 11.7 Å². The minimum Gasteiger partial charge on any atom is -0.473 e. The molecule has 2 aromatic rings. The summed E-state index contributed by atoms with van der Waals surface area (Å²) in [6.45, 7) is 3.09. The van der Waals surface area contributed by atoms with Crippen LogP contribution < -0.4 is 15.8 Å². The molecule has 3 heterocycles. The lowest BCUT2D eigenvalue weighted by molar-refractivity contribution is -0.136. The number of aromatic nitrogens is 3. The zero-order valence-electron chi connectivity index (χ0n) is 23.0. The van der Waals surface area contributed by atoms with Gasteiger partial charge in [0.05, 0.1) is 23.4 Å². The van der Waals surface area contributed by atoms with Crippen LogP contribution >= 0.6 is 0 Å². The van der Waals surface area contributed by atoms with Crippen molar-refractivity contribution in [2.75, 3.05) is 18.5 Å². The van der Waals surface area contributed by atoms with Crippen molar-refractivity contribution < 1.29 is 27.8 Å². The van der Waals surface area contributed by atoms with Crippen LogP contribution in [0.4, 0.5) is 19.1 Å². The van der Waals surface area contributed by atoms with Crippen LogP contribution in [-0.2, 0) is 4.74 Å². The van der Waals surface area contributed by atoms with Gasteiger partial charge >= 0.3 is 6.18 Å². The Hall–Kier alpha value is -2.50. The molecule has 1 saturated carbocycles. The van der Waals surface area contributed by atoms with Crippen molar-refractivity contribution in [3.8, 4) is 5.88 Å². The number of anilines is 1. The fraction of sp³-hybridized carbons (Fsp3) is 0.690. The molecule has 0 unspecified atom stereocenters. The molecule has 0 radical (unpaired) electrons. The van der Waals surface area contributed by atoms with Crippen LogP contribution in [0.2, 0.25) is 0 Å². The molecule has 0 bridgehead atoms. The summed E-state index contributed by atoms with van der Waals surface area (Å²) in [5.41, 5.74) is 9.38. The lowest BCUT2D eigenvalue weighted by Gasteiger charge is -2.27. The fourth-order valence-electron chi connectivity index (χ4n) is 6.26. The first-order valence-corrected chi connectivity index (χ1v) is 14.5. The van der Waals surface area contributed by atoms with E-state index in [1.807, 2.05) is 0 Å². The van der Waals surface area contributed by atoms with E-state index < -0.39 is 18.6 Å². The van der Waals surface area contributed by atoms with Crippen LogP contribution in [0.15, 0.2) is 24.0 Å². The van der Waals surface area contributed by atoms with Gasteiger partial charge in [0.15, 0.2) is 0 Å². The number of fused-ring (bicyclic) bond motifs is 1. The summed E-state index contributed by atoms with van der Waals surface area (Å²) >= 11 is 0. The molecule has 4 N–H and O–H groups in total. The summed E-state index contributed by atoms with van der Waals surface area (Å²) in [6, 6.07) is -0.907. The Morgan fingerprint density at radius 1 is 1.18 bits per heavy atom. The second-order valence-electron chi connectivity index (χ2n) is 11.8. The van der Waals surface area contributed by atoms with E-state index in [4.69, 9.17) is 15.2 Å². The molecule has 3 aliphatic rings. The first-order chi connectivity index (χ1) is 19.1. The van der Waals surface area contributed by atoms with Gasteiger partial charge in [-0.1, -0.05) is 11.6 Å². The van der Waals surface area contributed by atoms with Crippen LogP contribution in [0.5, 0.6) is 5.88 Å². The van der Waals surface area contributed by atoms with Crippen molar-refractivity contribution >= 4 is 16.9 Å². The van der Waals surface area contributed by atoms with Crippen LogP contribution in [0.1, 0.15) is 82.6 Å². The van der Waals surface area contributed by atoms with Crippen LogP contribution in [0, 0.1) is 5.92 Å². The molecule has 220 valence electrons. The molecule has 1 aliphatic heterocycles. The third-order valence-electron chi connectivity index (χ3n) is 8.28. The topological polar surface area (TPSA) is 115 Å². The predicted molar refractivity (Wildman–Crippen MR) is 146 cm³/mol. The Balaban J connectivity index is 1.39. The van der Waals surface area contributed by atoms with Gasteiger partial charge in [0.25, 0.3) is 0 Å². The van der Waals surface area contributed by atoms with Crippen LogP contribution in [0.3, 0.4) is 0 Å². The maximum atomic E-state index is 12.9. The molecule has 11 heteroatoms. The quantitative estimate of drug-likeness (QED) is 0.366. The van der Waals surface area contributed by atoms with Crippen LogP contribution in [-0.4, -0.2) is 63.7 Å². The number of alkyl halides is 3. The van der Waals surface area contributed by atoms with E-state index in [2.05, 4.69) is 26.3 Å². The van der Waals surface area contributed by atoms with Crippen molar-refractivity contribution in [1.82, 2.24) is 15.0 Å². The van der Waals surface area contributed by atoms with Gasteiger partial charge in [0.1, 0.15) is 6.10 Å². The monoisotopic (exact) mass is 563 g/mol. The van der Waals surface area contributed by atoms with Gasteiger partial charge in [0, 0.05) is 56.1 Å². The van der Waals surface area contributed by atoms with Crippen molar-refractivity contribution in [1.29, 1.82) is 0 Å². The predicted octanol–water partition coefficient (Wildman–Crippen LogP) is 5.41. The van der Waals surface area contributed by atoms with Crippen molar-refractivity contribution in [3.63, 3.8) is 0 Å². The van der Waals surface area contributed by atoms with Gasteiger partial charge in [-0.3, -0.25) is 0 Å². The molecule has 2 aromatic heterocycles. The van der Waals surface area contributed by atoms with E-state index in [1.165, 1.54) is 12.5 Å². The number of nitrogens with two attached hydrogens (primary N) is 1. The highest BCUT2D eigenvalue weighted by atomic mass is 19.4. The van der Waals surface area contributed by atoms with Crippen LogP contribution in [0.25, 0.3) is 10.9 Å². The lowest BCUT2D eigenvalue weighted by Crippen LogP contribution is -2.28. The summed E-state index contributed by atoms with van der Waals surface area (Å²) in [6.07, 6.45) is 7.12. The SMILES string of the molecule is C[C@@H](CC(F)(F)F)Nc1ncc2c(O[C@H]3CC=C(C[C@H]4CCOC4)C[C@@H](N)C3)ncc([C@H]3CC[C@H](O)CC3)c2n1. The minimum absolute atomic E-state index is 0.0255. The molecule has 40 heavy (non-hydrogen) atoms. The normalized spacial score (nSPS) is 28.6. The number of ether oxygens (including phenoxy) is 2. The standard InChI is InChI=1S/C29H40F3N5O3/c1-17(13-29(30,31)32)36-28-35-15-25-26(37-28)24(20-3-5-22(38)6-4-20)14-34-27(25)40-23-7-2-18(11-21(33)12-23)10-19-8-9-39-16-19/h2,14-15,17,19-23,38H,3-13,16,33H2,1H3,(H,35,36,37)/t17-,19+,20-,21+,22-,23-/m0/s1. The highest BCUT2D eigenvalue weighted by Crippen LogP contribution is 2.38. The van der Waals surface area contributed by atoms with E-state index in [0.29, 0.717) is 42.0 Å². The molecule has 5 rings (SSSR count). The van der Waals surface area contributed by atoms with E-state index in [9.17, 15) is 18.3 Å². The Kier molecular flexibility index (Phi) is 9.11. The molecular formula is C29H40F3N5O3. The van der Waals surface area contributed by atoms with Gasteiger partial charge in [-0.15, -0.1) is 0 Å². The molecule has 2 aliphatic carbocycles. The molecule has 2 fully saturated rings. The van der Waals surface area contributed by atoms with Gasteiger partial charge in [-0.25, -0.2) is 15.0 Å². The van der Waals surface area contributed by atoms with Crippen molar-refractivity contribution in [3.05, 3.63) is 29.6 Å². The number of nitrogens with one attached hydrogen (secondary N) is 1. The maximum Gasteiger partial charge on any atom is 0.391 e. The Bertz CT molecular complexity index is 1180. The molecule has 1 saturated heterocycles. The lowest BCUT2D eigenvalue weighted by atomic mass is 9.83. The highest BCUT2D eigenvalue weighted by molar-refractivity contribution is 5.86. The van der Waals surface area contributed by atoms with E-state index >= 15 is 0 Å². The molecule has 0 spiro atoms. The summed E-state index contributed by atoms with van der Waals surface area (Å²) in [5.74, 6) is 1.23. The minimum atomic E-state index is -4.29. The Morgan fingerprint density at radius 2 is 1.98 bits per heavy atom. The summed E-state index contributed by atoms with van der Waals surface area (Å²) in [5, 5.41) is 13.4. The molecule has 4 atom stereocenters. The molecule has 0 aromatic carbocycles. The van der Waals surface area contributed by atoms with Crippen molar-refractivity contribution in [2.45, 2.75) is 108 Å². The zero-order chi connectivity index (χ0) is 28.3. The number of nitrogens with zero attached hydrogens (tertiary/aromatic N) is 3.